The highest BCUT2D eigenvalue weighted by atomic mass is 79.9. The number of carbonyl (C=O) groups excluding carboxylic acids is 2. The average molecular weight is 699 g/mol. The molecule has 0 fully saturated rings. The van der Waals surface area contributed by atoms with Gasteiger partial charge in [-0.1, -0.05) is 60.8 Å². The SMILES string of the molecule is CCCNC(=O)[C@@H](CC)N(Cc1ccc(Cl)cc1Cl)C(=O)CN(c1ccc(C)cc1)S(=O)(=O)c1ccc(OC)c(Br)c1. The van der Waals surface area contributed by atoms with Crippen molar-refractivity contribution in [2.45, 2.75) is 51.1 Å². The molecule has 42 heavy (non-hydrogen) atoms. The lowest BCUT2D eigenvalue weighted by molar-refractivity contribution is -0.140. The van der Waals surface area contributed by atoms with Crippen LogP contribution in [0.1, 0.15) is 37.8 Å². The Kier molecular flexibility index (Phi) is 12.1. The van der Waals surface area contributed by atoms with Gasteiger partial charge in [-0.15, -0.1) is 0 Å². The van der Waals surface area contributed by atoms with Crippen LogP contribution in [0.25, 0.3) is 0 Å². The molecule has 0 spiro atoms. The summed E-state index contributed by atoms with van der Waals surface area (Å²) in [5.41, 5.74) is 1.79. The number of ether oxygens (including phenoxy) is 1. The van der Waals surface area contributed by atoms with E-state index in [0.29, 0.717) is 44.5 Å². The molecule has 0 bridgehead atoms. The number of hydrogen-bond donors (Lipinski definition) is 1. The van der Waals surface area contributed by atoms with Gasteiger partial charge in [-0.05, 0) is 83.7 Å². The summed E-state index contributed by atoms with van der Waals surface area (Å²) in [5, 5.41) is 3.61. The molecule has 226 valence electrons. The molecule has 12 heteroatoms. The number of sulfonamides is 1. The quantitative estimate of drug-likeness (QED) is 0.217. The van der Waals surface area contributed by atoms with Crippen LogP contribution < -0.4 is 14.4 Å². The molecule has 0 saturated carbocycles. The van der Waals surface area contributed by atoms with E-state index in [-0.39, 0.29) is 17.3 Å². The van der Waals surface area contributed by atoms with Crippen molar-refractivity contribution >= 4 is 66.7 Å². The predicted octanol–water partition coefficient (Wildman–Crippen LogP) is 6.60. The number of halogens is 3. The Labute approximate surface area is 266 Å². The van der Waals surface area contributed by atoms with Gasteiger partial charge in [0.1, 0.15) is 18.3 Å². The molecular weight excluding hydrogens is 665 g/mol. The number of hydrogen-bond acceptors (Lipinski definition) is 5. The summed E-state index contributed by atoms with van der Waals surface area (Å²) >= 11 is 15.9. The van der Waals surface area contributed by atoms with E-state index in [4.69, 9.17) is 27.9 Å². The van der Waals surface area contributed by atoms with Gasteiger partial charge in [-0.3, -0.25) is 13.9 Å². The average Bonchev–Trinajstić information content (AvgIpc) is 2.96. The van der Waals surface area contributed by atoms with Crippen molar-refractivity contribution in [2.75, 3.05) is 24.5 Å². The zero-order chi connectivity index (χ0) is 31.0. The van der Waals surface area contributed by atoms with E-state index in [1.54, 1.807) is 49.4 Å². The normalized spacial score (nSPS) is 12.0. The minimum atomic E-state index is -4.24. The molecule has 3 rings (SSSR count). The molecule has 8 nitrogen and oxygen atoms in total. The minimum absolute atomic E-state index is 0.0250. The predicted molar refractivity (Wildman–Crippen MR) is 171 cm³/mol. The summed E-state index contributed by atoms with van der Waals surface area (Å²) in [6.07, 6.45) is 1.02. The third-order valence-electron chi connectivity index (χ3n) is 6.60. The van der Waals surface area contributed by atoms with Crippen LogP contribution in [0.15, 0.2) is 70.0 Å². The molecule has 0 saturated heterocycles. The second-order valence-electron chi connectivity index (χ2n) is 9.62. The van der Waals surface area contributed by atoms with Crippen LogP contribution in [-0.2, 0) is 26.2 Å². The number of methoxy groups -OCH3 is 1. The lowest BCUT2D eigenvalue weighted by Crippen LogP contribution is -2.52. The van der Waals surface area contributed by atoms with Crippen molar-refractivity contribution in [3.8, 4) is 5.75 Å². The first kappa shape index (κ1) is 33.7. The van der Waals surface area contributed by atoms with Crippen molar-refractivity contribution in [3.05, 3.63) is 86.3 Å². The van der Waals surface area contributed by atoms with Crippen LogP contribution in [0, 0.1) is 6.92 Å². The van der Waals surface area contributed by atoms with Gasteiger partial charge in [0.25, 0.3) is 10.0 Å². The van der Waals surface area contributed by atoms with Crippen molar-refractivity contribution in [3.63, 3.8) is 0 Å². The topological polar surface area (TPSA) is 96.0 Å². The van der Waals surface area contributed by atoms with Crippen LogP contribution in [-0.4, -0.2) is 51.4 Å². The highest BCUT2D eigenvalue weighted by Gasteiger charge is 2.34. The highest BCUT2D eigenvalue weighted by molar-refractivity contribution is 9.10. The first-order valence-electron chi connectivity index (χ1n) is 13.4. The lowest BCUT2D eigenvalue weighted by Gasteiger charge is -2.33. The number of amides is 2. The van der Waals surface area contributed by atoms with E-state index in [1.165, 1.54) is 30.2 Å². The molecule has 0 aliphatic rings. The number of benzene rings is 3. The third kappa shape index (κ3) is 8.18. The van der Waals surface area contributed by atoms with Crippen LogP contribution in [0.2, 0.25) is 10.0 Å². The molecule has 0 aromatic heterocycles. The standard InChI is InChI=1S/C30H34BrCl2N3O5S/c1-5-15-34-30(38)27(6-2)35(18-21-9-10-22(32)16-26(21)33)29(37)19-36(23-11-7-20(3)8-12-23)42(39,40)24-13-14-28(41-4)25(31)17-24/h7-14,16-17,27H,5-6,15,18-19H2,1-4H3,(H,34,38)/t27-/m1/s1. The van der Waals surface area contributed by atoms with E-state index < -0.39 is 28.5 Å². The Bertz CT molecular complexity index is 1520. The van der Waals surface area contributed by atoms with E-state index in [0.717, 1.165) is 16.3 Å². The molecule has 1 atom stereocenters. The molecule has 0 unspecified atom stereocenters. The van der Waals surface area contributed by atoms with Gasteiger partial charge in [-0.2, -0.15) is 0 Å². The molecule has 3 aromatic carbocycles. The smallest absolute Gasteiger partial charge is 0.264 e. The van der Waals surface area contributed by atoms with E-state index >= 15 is 0 Å². The lowest BCUT2D eigenvalue weighted by atomic mass is 10.1. The number of nitrogens with one attached hydrogen (secondary N) is 1. The van der Waals surface area contributed by atoms with E-state index in [1.807, 2.05) is 13.8 Å². The summed E-state index contributed by atoms with van der Waals surface area (Å²) in [7, 11) is -2.76. The first-order chi connectivity index (χ1) is 19.9. The minimum Gasteiger partial charge on any atom is -0.496 e. The summed E-state index contributed by atoms with van der Waals surface area (Å²) in [6.45, 7) is 5.46. The van der Waals surface area contributed by atoms with Crippen LogP contribution >= 0.6 is 39.1 Å². The van der Waals surface area contributed by atoms with E-state index in [2.05, 4.69) is 21.2 Å². The maximum absolute atomic E-state index is 14.1. The molecule has 0 aliphatic heterocycles. The van der Waals surface area contributed by atoms with Gasteiger partial charge in [0.05, 0.1) is 22.2 Å². The highest BCUT2D eigenvalue weighted by Crippen LogP contribution is 2.31. The Morgan fingerprint density at radius 1 is 1.02 bits per heavy atom. The fourth-order valence-electron chi connectivity index (χ4n) is 4.29. The maximum Gasteiger partial charge on any atom is 0.264 e. The molecule has 0 radical (unpaired) electrons. The molecule has 2 amide bonds. The van der Waals surface area contributed by atoms with Gasteiger partial charge in [0.2, 0.25) is 11.8 Å². The fourth-order valence-corrected chi connectivity index (χ4v) is 6.89. The van der Waals surface area contributed by atoms with Crippen LogP contribution in [0.3, 0.4) is 0 Å². The van der Waals surface area contributed by atoms with Gasteiger partial charge in [0.15, 0.2) is 0 Å². The van der Waals surface area contributed by atoms with Crippen LogP contribution in [0.5, 0.6) is 5.75 Å². The van der Waals surface area contributed by atoms with Gasteiger partial charge in [0, 0.05) is 23.1 Å². The second-order valence-corrected chi connectivity index (χ2v) is 13.2. The third-order valence-corrected chi connectivity index (χ3v) is 9.58. The molecule has 1 N–H and O–H groups in total. The van der Waals surface area contributed by atoms with Crippen molar-refractivity contribution in [1.29, 1.82) is 0 Å². The zero-order valence-corrected chi connectivity index (χ0v) is 27.8. The number of carbonyl (C=O) groups is 2. The summed E-state index contributed by atoms with van der Waals surface area (Å²) in [5.74, 6) is -0.445. The molecule has 3 aromatic rings. The molecular formula is C30H34BrCl2N3O5S. The Hall–Kier alpha value is -2.79. The molecule has 0 aliphatic carbocycles. The number of aryl methyl sites for hydroxylation is 1. The van der Waals surface area contributed by atoms with Gasteiger partial charge < -0.3 is 15.0 Å². The summed E-state index contributed by atoms with van der Waals surface area (Å²) < 4.78 is 34.9. The monoisotopic (exact) mass is 697 g/mol. The van der Waals surface area contributed by atoms with Crippen molar-refractivity contribution < 1.29 is 22.7 Å². The zero-order valence-electron chi connectivity index (χ0n) is 23.9. The summed E-state index contributed by atoms with van der Waals surface area (Å²) in [6, 6.07) is 15.2. The fraction of sp³-hybridized carbons (Fsp3) is 0.333. The van der Waals surface area contributed by atoms with Crippen molar-refractivity contribution in [1.82, 2.24) is 10.2 Å². The van der Waals surface area contributed by atoms with Crippen LogP contribution in [0.4, 0.5) is 5.69 Å². The largest absolute Gasteiger partial charge is 0.496 e. The Morgan fingerprint density at radius 3 is 2.29 bits per heavy atom. The van der Waals surface area contributed by atoms with E-state index in [9.17, 15) is 18.0 Å². The Morgan fingerprint density at radius 2 is 1.71 bits per heavy atom. The number of anilines is 1. The van der Waals surface area contributed by atoms with Gasteiger partial charge >= 0.3 is 0 Å². The number of nitrogens with zero attached hydrogens (tertiary/aromatic N) is 2. The van der Waals surface area contributed by atoms with Gasteiger partial charge in [-0.25, -0.2) is 8.42 Å². The second kappa shape index (κ2) is 15.1. The number of rotatable bonds is 13. The Balaban J connectivity index is 2.09. The summed E-state index contributed by atoms with van der Waals surface area (Å²) in [4.78, 5) is 28.7. The maximum atomic E-state index is 14.1. The first-order valence-corrected chi connectivity index (χ1v) is 16.4. The molecule has 0 heterocycles. The van der Waals surface area contributed by atoms with Crippen molar-refractivity contribution in [2.24, 2.45) is 0 Å².